The minimum absolute atomic E-state index is 0.193. The van der Waals surface area contributed by atoms with Crippen LogP contribution in [-0.2, 0) is 4.79 Å². The number of rotatable bonds is 5. The average molecular weight is 170 g/mol. The fourth-order valence-electron chi connectivity index (χ4n) is 1.11. The molecule has 70 valence electrons. The number of nitrogens with two attached hydrogens (primary N) is 1. The Morgan fingerprint density at radius 1 is 1.67 bits per heavy atom. The van der Waals surface area contributed by atoms with Gasteiger partial charge in [-0.2, -0.15) is 0 Å². The summed E-state index contributed by atoms with van der Waals surface area (Å²) < 4.78 is 0. The minimum Gasteiger partial charge on any atom is -0.353 e. The summed E-state index contributed by atoms with van der Waals surface area (Å²) in [5.74, 6) is 0.193. The number of carbonyl (C=O) groups excluding carboxylic acids is 1. The van der Waals surface area contributed by atoms with Crippen LogP contribution in [0.15, 0.2) is 0 Å². The van der Waals surface area contributed by atoms with Crippen LogP contribution in [0.4, 0.5) is 0 Å². The minimum atomic E-state index is 0.193. The Bertz CT molecular complexity index is 153. The SMILES string of the molecule is CC(N)CCCC(=O)NC1CC1. The number of carbonyl (C=O) groups is 1. The van der Waals surface area contributed by atoms with Gasteiger partial charge in [0.2, 0.25) is 5.91 Å². The van der Waals surface area contributed by atoms with Crippen LogP contribution in [0.3, 0.4) is 0 Å². The van der Waals surface area contributed by atoms with E-state index in [4.69, 9.17) is 5.73 Å². The van der Waals surface area contributed by atoms with E-state index in [0.717, 1.165) is 12.8 Å². The van der Waals surface area contributed by atoms with Gasteiger partial charge in [-0.25, -0.2) is 0 Å². The standard InChI is InChI=1S/C9H18N2O/c1-7(10)3-2-4-9(12)11-8-5-6-8/h7-8H,2-6,10H2,1H3,(H,11,12). The third kappa shape index (κ3) is 4.34. The monoisotopic (exact) mass is 170 g/mol. The summed E-state index contributed by atoms with van der Waals surface area (Å²) in [6, 6.07) is 0.714. The second-order valence-corrected chi connectivity index (χ2v) is 3.71. The van der Waals surface area contributed by atoms with Gasteiger partial charge in [-0.3, -0.25) is 4.79 Å². The Morgan fingerprint density at radius 3 is 2.83 bits per heavy atom. The molecule has 0 aromatic heterocycles. The molecule has 3 heteroatoms. The van der Waals surface area contributed by atoms with Crippen molar-refractivity contribution in [2.24, 2.45) is 5.73 Å². The Morgan fingerprint density at radius 2 is 2.33 bits per heavy atom. The van der Waals surface area contributed by atoms with Gasteiger partial charge in [-0.05, 0) is 32.6 Å². The second-order valence-electron chi connectivity index (χ2n) is 3.71. The van der Waals surface area contributed by atoms with Crippen LogP contribution in [0, 0.1) is 0 Å². The van der Waals surface area contributed by atoms with E-state index < -0.39 is 0 Å². The summed E-state index contributed by atoms with van der Waals surface area (Å²) in [6.07, 6.45) is 4.82. The predicted octanol–water partition coefficient (Wildman–Crippen LogP) is 0.782. The molecule has 0 radical (unpaired) electrons. The first kappa shape index (κ1) is 9.52. The molecule has 3 nitrogen and oxygen atoms in total. The van der Waals surface area contributed by atoms with Gasteiger partial charge in [0.1, 0.15) is 0 Å². The number of amides is 1. The zero-order valence-corrected chi connectivity index (χ0v) is 7.68. The Kier molecular flexibility index (Phi) is 3.53. The number of hydrogen-bond acceptors (Lipinski definition) is 2. The lowest BCUT2D eigenvalue weighted by atomic mass is 10.1. The van der Waals surface area contributed by atoms with Crippen molar-refractivity contribution in [3.05, 3.63) is 0 Å². The van der Waals surface area contributed by atoms with Gasteiger partial charge in [-0.15, -0.1) is 0 Å². The van der Waals surface area contributed by atoms with Crippen molar-refractivity contribution < 1.29 is 4.79 Å². The molecule has 12 heavy (non-hydrogen) atoms. The normalized spacial score (nSPS) is 18.8. The van der Waals surface area contributed by atoms with E-state index in [-0.39, 0.29) is 11.9 Å². The summed E-state index contributed by atoms with van der Waals surface area (Å²) in [4.78, 5) is 11.1. The van der Waals surface area contributed by atoms with E-state index in [0.29, 0.717) is 12.5 Å². The first-order chi connectivity index (χ1) is 5.68. The summed E-state index contributed by atoms with van der Waals surface area (Å²) in [6.45, 7) is 1.97. The maximum Gasteiger partial charge on any atom is 0.220 e. The van der Waals surface area contributed by atoms with Crippen molar-refractivity contribution in [3.63, 3.8) is 0 Å². The third-order valence-electron chi connectivity index (χ3n) is 2.01. The molecule has 1 atom stereocenters. The van der Waals surface area contributed by atoms with Crippen LogP contribution in [0.25, 0.3) is 0 Å². The van der Waals surface area contributed by atoms with Crippen LogP contribution in [0.1, 0.15) is 39.0 Å². The molecule has 1 fully saturated rings. The van der Waals surface area contributed by atoms with Crippen molar-refractivity contribution in [2.75, 3.05) is 0 Å². The molecule has 3 N–H and O–H groups in total. The van der Waals surface area contributed by atoms with E-state index in [1.54, 1.807) is 0 Å². The zero-order valence-electron chi connectivity index (χ0n) is 7.68. The Balaban J connectivity index is 1.94. The molecule has 1 unspecified atom stereocenters. The van der Waals surface area contributed by atoms with Crippen molar-refractivity contribution in [1.82, 2.24) is 5.32 Å². The van der Waals surface area contributed by atoms with E-state index >= 15 is 0 Å². The maximum atomic E-state index is 11.1. The highest BCUT2D eigenvalue weighted by atomic mass is 16.1. The van der Waals surface area contributed by atoms with Crippen LogP contribution >= 0.6 is 0 Å². The smallest absolute Gasteiger partial charge is 0.220 e. The number of hydrogen-bond donors (Lipinski definition) is 2. The summed E-state index contributed by atoms with van der Waals surface area (Å²) in [5.41, 5.74) is 5.56. The van der Waals surface area contributed by atoms with E-state index in [1.807, 2.05) is 6.92 Å². The molecule has 1 rings (SSSR count). The highest BCUT2D eigenvalue weighted by Crippen LogP contribution is 2.18. The van der Waals surface area contributed by atoms with Crippen molar-refractivity contribution in [3.8, 4) is 0 Å². The van der Waals surface area contributed by atoms with Crippen LogP contribution in [0.2, 0.25) is 0 Å². The molecule has 1 saturated carbocycles. The lowest BCUT2D eigenvalue weighted by Gasteiger charge is -2.04. The highest BCUT2D eigenvalue weighted by molar-refractivity contribution is 5.76. The quantitative estimate of drug-likeness (QED) is 0.640. The van der Waals surface area contributed by atoms with Crippen LogP contribution in [-0.4, -0.2) is 18.0 Å². The van der Waals surface area contributed by atoms with Gasteiger partial charge in [0.15, 0.2) is 0 Å². The summed E-state index contributed by atoms with van der Waals surface area (Å²) in [5, 5.41) is 2.95. The molecule has 0 spiro atoms. The summed E-state index contributed by atoms with van der Waals surface area (Å²) >= 11 is 0. The van der Waals surface area contributed by atoms with Gasteiger partial charge in [0.25, 0.3) is 0 Å². The molecule has 0 heterocycles. The highest BCUT2D eigenvalue weighted by Gasteiger charge is 2.22. The fourth-order valence-corrected chi connectivity index (χ4v) is 1.11. The molecule has 0 bridgehead atoms. The maximum absolute atomic E-state index is 11.1. The first-order valence-electron chi connectivity index (χ1n) is 4.73. The lowest BCUT2D eigenvalue weighted by Crippen LogP contribution is -2.25. The van der Waals surface area contributed by atoms with Crippen LogP contribution in [0.5, 0.6) is 0 Å². The van der Waals surface area contributed by atoms with Gasteiger partial charge >= 0.3 is 0 Å². The predicted molar refractivity (Wildman–Crippen MR) is 48.7 cm³/mol. The van der Waals surface area contributed by atoms with Gasteiger partial charge in [0.05, 0.1) is 0 Å². The molecule has 0 aromatic rings. The number of nitrogens with one attached hydrogen (secondary N) is 1. The molecular weight excluding hydrogens is 152 g/mol. The molecule has 1 aliphatic carbocycles. The van der Waals surface area contributed by atoms with Crippen molar-refractivity contribution in [1.29, 1.82) is 0 Å². The Hall–Kier alpha value is -0.570. The summed E-state index contributed by atoms with van der Waals surface area (Å²) in [7, 11) is 0. The van der Waals surface area contributed by atoms with Gasteiger partial charge in [-0.1, -0.05) is 0 Å². The van der Waals surface area contributed by atoms with E-state index in [1.165, 1.54) is 12.8 Å². The van der Waals surface area contributed by atoms with Crippen molar-refractivity contribution in [2.45, 2.75) is 51.1 Å². The molecule has 0 saturated heterocycles. The fraction of sp³-hybridized carbons (Fsp3) is 0.889. The van der Waals surface area contributed by atoms with Gasteiger partial charge in [0, 0.05) is 18.5 Å². The molecular formula is C9H18N2O. The average Bonchev–Trinajstić information content (AvgIpc) is 2.70. The first-order valence-corrected chi connectivity index (χ1v) is 4.73. The zero-order chi connectivity index (χ0) is 8.97. The third-order valence-corrected chi connectivity index (χ3v) is 2.01. The van der Waals surface area contributed by atoms with E-state index in [9.17, 15) is 4.79 Å². The van der Waals surface area contributed by atoms with Crippen LogP contribution < -0.4 is 11.1 Å². The second kappa shape index (κ2) is 4.45. The molecule has 1 aliphatic rings. The Labute approximate surface area is 73.7 Å². The molecule has 1 amide bonds. The largest absolute Gasteiger partial charge is 0.353 e. The van der Waals surface area contributed by atoms with E-state index in [2.05, 4.69) is 5.32 Å². The molecule has 0 aliphatic heterocycles. The van der Waals surface area contributed by atoms with Gasteiger partial charge < -0.3 is 11.1 Å². The lowest BCUT2D eigenvalue weighted by molar-refractivity contribution is -0.121. The molecule has 0 aromatic carbocycles. The van der Waals surface area contributed by atoms with Crippen molar-refractivity contribution >= 4 is 5.91 Å². The topological polar surface area (TPSA) is 55.1 Å².